The van der Waals surface area contributed by atoms with Gasteiger partial charge in [0.15, 0.2) is 0 Å². The van der Waals surface area contributed by atoms with E-state index in [0.29, 0.717) is 6.54 Å². The average Bonchev–Trinajstić information content (AvgIpc) is 2.91. The maximum absolute atomic E-state index is 11.7. The molecule has 6 heteroatoms. The molecule has 0 saturated heterocycles. The summed E-state index contributed by atoms with van der Waals surface area (Å²) in [5.41, 5.74) is -0.603. The Bertz CT molecular complexity index is 622. The first-order valence-electron chi connectivity index (χ1n) is 6.54. The first-order valence-corrected chi connectivity index (χ1v) is 7.42. The number of ether oxygens (including phenoxy) is 1. The average molecular weight is 293 g/mol. The van der Waals surface area contributed by atoms with Crippen molar-refractivity contribution in [1.82, 2.24) is 9.97 Å². The van der Waals surface area contributed by atoms with Crippen molar-refractivity contribution in [1.29, 1.82) is 0 Å². The number of fused-ring (bicyclic) bond motifs is 1. The number of rotatable bonds is 5. The van der Waals surface area contributed by atoms with Crippen molar-refractivity contribution in [3.63, 3.8) is 0 Å². The normalized spacial score (nSPS) is 11.6. The summed E-state index contributed by atoms with van der Waals surface area (Å²) in [5, 5.41) is 6.25. The number of hydrogen-bond acceptors (Lipinski definition) is 6. The Kier molecular flexibility index (Phi) is 4.23. The number of esters is 1. The summed E-state index contributed by atoms with van der Waals surface area (Å²) in [6.07, 6.45) is 0.781. The van der Waals surface area contributed by atoms with Crippen LogP contribution in [-0.4, -0.2) is 29.6 Å². The Morgan fingerprint density at radius 2 is 2.20 bits per heavy atom. The van der Waals surface area contributed by atoms with Crippen LogP contribution in [0.2, 0.25) is 0 Å². The van der Waals surface area contributed by atoms with E-state index in [1.807, 2.05) is 32.2 Å². The molecule has 20 heavy (non-hydrogen) atoms. The molecule has 0 radical (unpaired) electrons. The van der Waals surface area contributed by atoms with Crippen molar-refractivity contribution in [3.05, 3.63) is 17.3 Å². The summed E-state index contributed by atoms with van der Waals surface area (Å²) in [4.78, 5) is 21.7. The van der Waals surface area contributed by atoms with Gasteiger partial charge in [-0.2, -0.15) is 0 Å². The van der Waals surface area contributed by atoms with Crippen LogP contribution in [0.3, 0.4) is 0 Å². The third-order valence-corrected chi connectivity index (χ3v) is 3.93. The maximum Gasteiger partial charge on any atom is 0.313 e. The second-order valence-corrected chi connectivity index (χ2v) is 6.11. The van der Waals surface area contributed by atoms with E-state index in [2.05, 4.69) is 15.3 Å². The molecular formula is C14H19N3O2S. The summed E-state index contributed by atoms with van der Waals surface area (Å²) in [6.45, 7) is 6.18. The summed E-state index contributed by atoms with van der Waals surface area (Å²) >= 11 is 1.59. The molecule has 0 aliphatic carbocycles. The second-order valence-electron chi connectivity index (χ2n) is 5.21. The van der Waals surface area contributed by atoms with Crippen molar-refractivity contribution in [2.24, 2.45) is 5.41 Å². The van der Waals surface area contributed by atoms with Gasteiger partial charge in [-0.15, -0.1) is 11.3 Å². The molecule has 0 aromatic carbocycles. The minimum atomic E-state index is -0.603. The van der Waals surface area contributed by atoms with Gasteiger partial charge in [0, 0.05) is 13.0 Å². The number of aromatic nitrogens is 2. The number of nitrogens with one attached hydrogen (secondary N) is 1. The molecule has 2 aromatic rings. The molecular weight excluding hydrogens is 274 g/mol. The highest BCUT2D eigenvalue weighted by molar-refractivity contribution is 7.16. The van der Waals surface area contributed by atoms with E-state index in [1.165, 1.54) is 7.11 Å². The van der Waals surface area contributed by atoms with Gasteiger partial charge >= 0.3 is 5.97 Å². The lowest BCUT2D eigenvalue weighted by atomic mass is 9.94. The van der Waals surface area contributed by atoms with E-state index >= 15 is 0 Å². The number of thiophene rings is 1. The quantitative estimate of drug-likeness (QED) is 0.859. The fourth-order valence-corrected chi connectivity index (χ4v) is 2.63. The van der Waals surface area contributed by atoms with Gasteiger partial charge in [0.2, 0.25) is 0 Å². The summed E-state index contributed by atoms with van der Waals surface area (Å²) < 4.78 is 4.81. The van der Waals surface area contributed by atoms with Crippen LogP contribution >= 0.6 is 11.3 Å². The largest absolute Gasteiger partial charge is 0.469 e. The minimum absolute atomic E-state index is 0.240. The second kappa shape index (κ2) is 5.75. The zero-order chi connectivity index (χ0) is 14.8. The van der Waals surface area contributed by atoms with Gasteiger partial charge in [-0.1, -0.05) is 6.92 Å². The maximum atomic E-state index is 11.7. The van der Waals surface area contributed by atoms with Crippen molar-refractivity contribution in [2.45, 2.75) is 27.2 Å². The van der Waals surface area contributed by atoms with E-state index in [-0.39, 0.29) is 5.97 Å². The summed E-state index contributed by atoms with van der Waals surface area (Å²) in [7, 11) is 1.40. The van der Waals surface area contributed by atoms with E-state index in [1.54, 1.807) is 11.3 Å². The highest BCUT2D eigenvalue weighted by atomic mass is 32.1. The van der Waals surface area contributed by atoms with Crippen LogP contribution in [0.5, 0.6) is 0 Å². The zero-order valence-corrected chi connectivity index (χ0v) is 13.0. The van der Waals surface area contributed by atoms with Gasteiger partial charge in [0.1, 0.15) is 16.5 Å². The third-order valence-electron chi connectivity index (χ3n) is 3.12. The predicted molar refractivity (Wildman–Crippen MR) is 81.1 cm³/mol. The first kappa shape index (κ1) is 14.7. The Morgan fingerprint density at radius 3 is 2.85 bits per heavy atom. The lowest BCUT2D eigenvalue weighted by molar-refractivity contribution is -0.149. The topological polar surface area (TPSA) is 64.1 Å². The van der Waals surface area contributed by atoms with E-state index < -0.39 is 5.41 Å². The molecule has 0 saturated carbocycles. The summed E-state index contributed by atoms with van der Waals surface area (Å²) in [5.74, 6) is 1.35. The van der Waals surface area contributed by atoms with Gasteiger partial charge in [-0.05, 0) is 25.3 Å². The number of carbonyl (C=O) groups excluding carboxylic acids is 1. The molecule has 0 unspecified atom stereocenters. The number of aryl methyl sites for hydroxylation is 1. The number of methoxy groups -OCH3 is 1. The Labute approximate surface area is 122 Å². The monoisotopic (exact) mass is 293 g/mol. The zero-order valence-electron chi connectivity index (χ0n) is 12.2. The fraction of sp³-hybridized carbons (Fsp3) is 0.500. The number of hydrogen-bond donors (Lipinski definition) is 1. The number of nitrogens with zero attached hydrogens (tertiary/aromatic N) is 2. The minimum Gasteiger partial charge on any atom is -0.469 e. The molecule has 0 aliphatic rings. The van der Waals surface area contributed by atoms with Crippen molar-refractivity contribution in [2.75, 3.05) is 19.0 Å². The molecule has 0 amide bonds. The van der Waals surface area contributed by atoms with Gasteiger partial charge in [-0.3, -0.25) is 4.79 Å². The fourth-order valence-electron chi connectivity index (χ4n) is 1.85. The molecule has 2 heterocycles. The Balaban J connectivity index is 2.25. The van der Waals surface area contributed by atoms with Crippen LogP contribution in [0.4, 0.5) is 5.82 Å². The van der Waals surface area contributed by atoms with Crippen LogP contribution in [-0.2, 0) is 16.0 Å². The standard InChI is InChI=1S/C14H19N3O2S/c1-5-10-16-11(9-6-7-20-12(9)17-10)15-8-14(2,3)13(18)19-4/h6-7H,5,8H2,1-4H3,(H,15,16,17). The molecule has 0 atom stereocenters. The molecule has 108 valence electrons. The van der Waals surface area contributed by atoms with Crippen molar-refractivity contribution >= 4 is 33.3 Å². The predicted octanol–water partition coefficient (Wildman–Crippen LogP) is 2.86. The summed E-state index contributed by atoms with van der Waals surface area (Å²) in [6, 6.07) is 1.99. The van der Waals surface area contributed by atoms with Gasteiger partial charge < -0.3 is 10.1 Å². The highest BCUT2D eigenvalue weighted by Crippen LogP contribution is 2.26. The van der Waals surface area contributed by atoms with Crippen LogP contribution in [0.25, 0.3) is 10.2 Å². The smallest absolute Gasteiger partial charge is 0.313 e. The van der Waals surface area contributed by atoms with Gasteiger partial charge in [-0.25, -0.2) is 9.97 Å². The SMILES string of the molecule is CCc1nc(NCC(C)(C)C(=O)OC)c2ccsc2n1. The lowest BCUT2D eigenvalue weighted by Crippen LogP contribution is -2.33. The molecule has 0 spiro atoms. The van der Waals surface area contributed by atoms with E-state index in [0.717, 1.165) is 28.3 Å². The molecule has 5 nitrogen and oxygen atoms in total. The van der Waals surface area contributed by atoms with Crippen molar-refractivity contribution < 1.29 is 9.53 Å². The van der Waals surface area contributed by atoms with Crippen LogP contribution < -0.4 is 5.32 Å². The molecule has 0 fully saturated rings. The van der Waals surface area contributed by atoms with Crippen LogP contribution in [0.1, 0.15) is 26.6 Å². The van der Waals surface area contributed by atoms with Gasteiger partial charge in [0.25, 0.3) is 0 Å². The molecule has 0 bridgehead atoms. The van der Waals surface area contributed by atoms with E-state index in [9.17, 15) is 4.79 Å². The first-order chi connectivity index (χ1) is 9.47. The van der Waals surface area contributed by atoms with Gasteiger partial charge in [0.05, 0.1) is 17.9 Å². The van der Waals surface area contributed by atoms with Crippen LogP contribution in [0, 0.1) is 5.41 Å². The number of carbonyl (C=O) groups is 1. The Hall–Kier alpha value is -1.69. The molecule has 1 N–H and O–H groups in total. The lowest BCUT2D eigenvalue weighted by Gasteiger charge is -2.22. The number of anilines is 1. The van der Waals surface area contributed by atoms with E-state index in [4.69, 9.17) is 4.74 Å². The molecule has 2 rings (SSSR count). The third kappa shape index (κ3) is 2.90. The Morgan fingerprint density at radius 1 is 1.45 bits per heavy atom. The highest BCUT2D eigenvalue weighted by Gasteiger charge is 2.28. The van der Waals surface area contributed by atoms with Crippen molar-refractivity contribution in [3.8, 4) is 0 Å². The van der Waals surface area contributed by atoms with Crippen LogP contribution in [0.15, 0.2) is 11.4 Å². The molecule has 0 aliphatic heterocycles. The molecule has 2 aromatic heterocycles.